The smallest absolute Gasteiger partial charge is 0.338 e. The van der Waals surface area contributed by atoms with Crippen molar-refractivity contribution >= 4 is 45.3 Å². The van der Waals surface area contributed by atoms with Gasteiger partial charge in [-0.3, -0.25) is 4.79 Å². The number of methoxy groups -OCH3 is 3. The van der Waals surface area contributed by atoms with Crippen LogP contribution in [0.2, 0.25) is 0 Å². The summed E-state index contributed by atoms with van der Waals surface area (Å²) in [5.74, 6) is 0.266. The highest BCUT2D eigenvalue weighted by Gasteiger charge is 2.20. The largest absolute Gasteiger partial charge is 0.496 e. The molecule has 0 fully saturated rings. The molecule has 0 radical (unpaired) electrons. The molecule has 0 bridgehead atoms. The van der Waals surface area contributed by atoms with Crippen molar-refractivity contribution in [3.8, 4) is 17.2 Å². The molecule has 0 aliphatic heterocycles. The first-order chi connectivity index (χ1) is 10.9. The number of rotatable bonds is 4. The first-order valence-corrected chi connectivity index (χ1v) is 7.65. The van der Waals surface area contributed by atoms with Gasteiger partial charge in [0, 0.05) is 18.4 Å². The minimum atomic E-state index is -0.530. The van der Waals surface area contributed by atoms with E-state index in [-0.39, 0.29) is 11.3 Å². The predicted octanol–water partition coefficient (Wildman–Crippen LogP) is 3.17. The molecule has 7 heteroatoms. The van der Waals surface area contributed by atoms with Gasteiger partial charge in [0.2, 0.25) is 0 Å². The van der Waals surface area contributed by atoms with Gasteiger partial charge in [-0.2, -0.15) is 0 Å². The maximum absolute atomic E-state index is 11.9. The minimum absolute atomic E-state index is 0.229. The van der Waals surface area contributed by atoms with Gasteiger partial charge in [-0.15, -0.1) is 0 Å². The molecule has 0 aromatic heterocycles. The Hall–Kier alpha value is -2.03. The highest BCUT2D eigenvalue weighted by atomic mass is 127. The standard InChI is InChI=1S/C16H15IO6/c1-8(18)23-12-6-9(16(19)22-4)5-10-14(12)11(20-2)7-13(21-3)15(10)17/h5-7H,1-4H3. The van der Waals surface area contributed by atoms with Gasteiger partial charge in [0.1, 0.15) is 17.2 Å². The van der Waals surface area contributed by atoms with Crippen molar-refractivity contribution in [1.82, 2.24) is 0 Å². The van der Waals surface area contributed by atoms with E-state index < -0.39 is 11.9 Å². The number of halogens is 1. The Morgan fingerprint density at radius 2 is 1.61 bits per heavy atom. The van der Waals surface area contributed by atoms with E-state index in [0.29, 0.717) is 22.3 Å². The molecule has 6 nitrogen and oxygen atoms in total. The molecule has 2 rings (SSSR count). The minimum Gasteiger partial charge on any atom is -0.496 e. The van der Waals surface area contributed by atoms with Crippen LogP contribution in [-0.2, 0) is 9.53 Å². The molecule has 0 heterocycles. The van der Waals surface area contributed by atoms with Crippen LogP contribution in [0.3, 0.4) is 0 Å². The van der Waals surface area contributed by atoms with Crippen molar-refractivity contribution in [2.75, 3.05) is 21.3 Å². The summed E-state index contributed by atoms with van der Waals surface area (Å²) < 4.78 is 21.5. The average molecular weight is 430 g/mol. The number of hydrogen-bond acceptors (Lipinski definition) is 6. The van der Waals surface area contributed by atoms with Gasteiger partial charge in [-0.1, -0.05) is 0 Å². The van der Waals surface area contributed by atoms with Gasteiger partial charge in [0.15, 0.2) is 0 Å². The van der Waals surface area contributed by atoms with Crippen LogP contribution >= 0.6 is 22.6 Å². The maximum atomic E-state index is 11.9. The second kappa shape index (κ2) is 7.03. The lowest BCUT2D eigenvalue weighted by atomic mass is 10.0. The summed E-state index contributed by atoms with van der Waals surface area (Å²) in [6.07, 6.45) is 0. The number of benzene rings is 2. The van der Waals surface area contributed by atoms with Gasteiger partial charge < -0.3 is 18.9 Å². The third-order valence-corrected chi connectivity index (χ3v) is 4.29. The van der Waals surface area contributed by atoms with Crippen molar-refractivity contribution in [1.29, 1.82) is 0 Å². The van der Waals surface area contributed by atoms with Crippen LogP contribution in [0.5, 0.6) is 17.2 Å². The SMILES string of the molecule is COC(=O)c1cc(OC(C)=O)c2c(OC)cc(OC)c(I)c2c1. The summed E-state index contributed by atoms with van der Waals surface area (Å²) in [4.78, 5) is 23.3. The fourth-order valence-corrected chi connectivity index (χ4v) is 3.01. The molecule has 0 atom stereocenters. The van der Waals surface area contributed by atoms with Crippen LogP contribution in [0, 0.1) is 3.57 Å². The van der Waals surface area contributed by atoms with Gasteiger partial charge >= 0.3 is 11.9 Å². The van der Waals surface area contributed by atoms with Crippen molar-refractivity contribution in [3.63, 3.8) is 0 Å². The van der Waals surface area contributed by atoms with Gasteiger partial charge in [-0.05, 0) is 34.7 Å². The van der Waals surface area contributed by atoms with Crippen LogP contribution in [0.4, 0.5) is 0 Å². The Balaban J connectivity index is 2.90. The molecule has 0 aliphatic carbocycles. The van der Waals surface area contributed by atoms with E-state index in [1.165, 1.54) is 27.2 Å². The molecule has 0 spiro atoms. The number of ether oxygens (including phenoxy) is 4. The Morgan fingerprint density at radius 1 is 0.957 bits per heavy atom. The lowest BCUT2D eigenvalue weighted by Gasteiger charge is -2.15. The summed E-state index contributed by atoms with van der Waals surface area (Å²) in [5.41, 5.74) is 0.268. The molecule has 0 saturated heterocycles. The number of esters is 2. The average Bonchev–Trinajstić information content (AvgIpc) is 2.54. The summed E-state index contributed by atoms with van der Waals surface area (Å²) in [6.45, 7) is 1.29. The summed E-state index contributed by atoms with van der Waals surface area (Å²) in [5, 5.41) is 1.25. The predicted molar refractivity (Wildman–Crippen MR) is 92.4 cm³/mol. The molecule has 0 amide bonds. The molecular weight excluding hydrogens is 415 g/mol. The molecule has 122 valence electrons. The van der Waals surface area contributed by atoms with Gasteiger partial charge in [-0.25, -0.2) is 4.79 Å². The Labute approximate surface area is 146 Å². The van der Waals surface area contributed by atoms with E-state index in [9.17, 15) is 9.59 Å². The first-order valence-electron chi connectivity index (χ1n) is 6.57. The maximum Gasteiger partial charge on any atom is 0.338 e. The fraction of sp³-hybridized carbons (Fsp3) is 0.250. The zero-order chi connectivity index (χ0) is 17.1. The lowest BCUT2D eigenvalue weighted by molar-refractivity contribution is -0.131. The van der Waals surface area contributed by atoms with Crippen LogP contribution < -0.4 is 14.2 Å². The second-order valence-corrected chi connectivity index (χ2v) is 5.66. The monoisotopic (exact) mass is 430 g/mol. The Morgan fingerprint density at radius 3 is 2.13 bits per heavy atom. The molecule has 0 N–H and O–H groups in total. The van der Waals surface area contributed by atoms with Crippen molar-refractivity contribution in [3.05, 3.63) is 27.3 Å². The van der Waals surface area contributed by atoms with E-state index in [1.807, 2.05) is 0 Å². The van der Waals surface area contributed by atoms with E-state index in [2.05, 4.69) is 22.6 Å². The summed E-state index contributed by atoms with van der Waals surface area (Å²) in [6, 6.07) is 4.82. The Bertz CT molecular complexity index is 784. The highest BCUT2D eigenvalue weighted by molar-refractivity contribution is 14.1. The third kappa shape index (κ3) is 3.34. The Kier molecular flexibility index (Phi) is 5.30. The molecule has 0 saturated carbocycles. The number of hydrogen-bond donors (Lipinski definition) is 0. The zero-order valence-corrected chi connectivity index (χ0v) is 15.2. The van der Waals surface area contributed by atoms with E-state index >= 15 is 0 Å². The second-order valence-electron chi connectivity index (χ2n) is 4.58. The lowest BCUT2D eigenvalue weighted by Crippen LogP contribution is -2.07. The summed E-state index contributed by atoms with van der Waals surface area (Å²) >= 11 is 2.10. The number of carbonyl (C=O) groups is 2. The molecule has 0 unspecified atom stereocenters. The topological polar surface area (TPSA) is 71.1 Å². The normalized spacial score (nSPS) is 10.3. The van der Waals surface area contributed by atoms with Crippen molar-refractivity contribution in [2.24, 2.45) is 0 Å². The van der Waals surface area contributed by atoms with Crippen LogP contribution in [-0.4, -0.2) is 33.3 Å². The fourth-order valence-electron chi connectivity index (χ4n) is 2.21. The van der Waals surface area contributed by atoms with E-state index in [1.54, 1.807) is 19.2 Å². The van der Waals surface area contributed by atoms with Crippen LogP contribution in [0.15, 0.2) is 18.2 Å². The van der Waals surface area contributed by atoms with Gasteiger partial charge in [0.25, 0.3) is 0 Å². The number of fused-ring (bicyclic) bond motifs is 1. The zero-order valence-electron chi connectivity index (χ0n) is 13.1. The van der Waals surface area contributed by atoms with Crippen molar-refractivity contribution < 1.29 is 28.5 Å². The molecule has 0 aliphatic rings. The molecule has 2 aromatic rings. The van der Waals surface area contributed by atoms with Crippen LogP contribution in [0.25, 0.3) is 10.8 Å². The number of carbonyl (C=O) groups excluding carboxylic acids is 2. The van der Waals surface area contributed by atoms with Gasteiger partial charge in [0.05, 0.1) is 35.8 Å². The third-order valence-electron chi connectivity index (χ3n) is 3.18. The van der Waals surface area contributed by atoms with Crippen LogP contribution in [0.1, 0.15) is 17.3 Å². The molecule has 2 aromatic carbocycles. The van der Waals surface area contributed by atoms with E-state index in [4.69, 9.17) is 18.9 Å². The quantitative estimate of drug-likeness (QED) is 0.422. The van der Waals surface area contributed by atoms with E-state index in [0.717, 1.165) is 3.57 Å². The first kappa shape index (κ1) is 17.3. The molecular formula is C16H15IO6. The summed E-state index contributed by atoms with van der Waals surface area (Å²) in [7, 11) is 4.34. The molecule has 23 heavy (non-hydrogen) atoms. The highest BCUT2D eigenvalue weighted by Crippen LogP contribution is 2.42. The van der Waals surface area contributed by atoms with Crippen molar-refractivity contribution in [2.45, 2.75) is 6.92 Å².